The second-order valence-corrected chi connectivity index (χ2v) is 4.62. The van der Waals surface area contributed by atoms with E-state index in [1.165, 1.54) is 0 Å². The minimum absolute atomic E-state index is 0.354. The zero-order chi connectivity index (χ0) is 13.0. The molecule has 18 heavy (non-hydrogen) atoms. The van der Waals surface area contributed by atoms with Crippen LogP contribution in [-0.4, -0.2) is 26.4 Å². The molecule has 4 nitrogen and oxygen atoms in total. The van der Waals surface area contributed by atoms with Crippen LogP contribution < -0.4 is 10.1 Å². The van der Waals surface area contributed by atoms with E-state index in [9.17, 15) is 5.26 Å². The number of anilines is 1. The number of methoxy groups -OCH3 is 2. The van der Waals surface area contributed by atoms with Crippen LogP contribution in [-0.2, 0) is 4.74 Å². The summed E-state index contributed by atoms with van der Waals surface area (Å²) in [5.74, 6) is 1.10. The summed E-state index contributed by atoms with van der Waals surface area (Å²) in [5.41, 5.74) is 0.189. The summed E-state index contributed by atoms with van der Waals surface area (Å²) < 4.78 is 10.5. The van der Waals surface area contributed by atoms with Crippen LogP contribution in [0.5, 0.6) is 5.75 Å². The van der Waals surface area contributed by atoms with Crippen LogP contribution in [0.15, 0.2) is 24.3 Å². The molecule has 0 bridgehead atoms. The SMILES string of the molecule is COCC(C#N)(Nc1ccccc1OC)C1CC1. The lowest BCUT2D eigenvalue weighted by atomic mass is 9.95. The van der Waals surface area contributed by atoms with E-state index in [0.717, 1.165) is 24.3 Å². The molecule has 0 aliphatic heterocycles. The molecular formula is C14H18N2O2. The summed E-state index contributed by atoms with van der Waals surface area (Å²) in [6.45, 7) is 0.381. The van der Waals surface area contributed by atoms with Crippen molar-refractivity contribution in [3.05, 3.63) is 24.3 Å². The molecule has 0 radical (unpaired) electrons. The molecule has 96 valence electrons. The highest BCUT2D eigenvalue weighted by Crippen LogP contribution is 2.42. The smallest absolute Gasteiger partial charge is 0.151 e. The van der Waals surface area contributed by atoms with Crippen molar-refractivity contribution in [2.45, 2.75) is 18.4 Å². The van der Waals surface area contributed by atoms with Gasteiger partial charge in [0, 0.05) is 7.11 Å². The predicted molar refractivity (Wildman–Crippen MR) is 69.6 cm³/mol. The first-order valence-electron chi connectivity index (χ1n) is 6.07. The zero-order valence-electron chi connectivity index (χ0n) is 10.8. The fraction of sp³-hybridized carbons (Fsp3) is 0.500. The number of para-hydroxylation sites is 2. The molecule has 1 saturated carbocycles. The monoisotopic (exact) mass is 246 g/mol. The second kappa shape index (κ2) is 5.28. The number of rotatable bonds is 6. The Kier molecular flexibility index (Phi) is 3.73. The quantitative estimate of drug-likeness (QED) is 0.837. The van der Waals surface area contributed by atoms with Crippen LogP contribution in [0.3, 0.4) is 0 Å². The molecule has 0 saturated heterocycles. The molecule has 1 aliphatic carbocycles. The average molecular weight is 246 g/mol. The van der Waals surface area contributed by atoms with E-state index in [-0.39, 0.29) is 0 Å². The standard InChI is InChI=1S/C14H18N2O2/c1-17-10-14(9-15,11-7-8-11)16-12-5-3-4-6-13(12)18-2/h3-6,11,16H,7-8,10H2,1-2H3. The van der Waals surface area contributed by atoms with Gasteiger partial charge < -0.3 is 14.8 Å². The van der Waals surface area contributed by atoms with Gasteiger partial charge >= 0.3 is 0 Å². The van der Waals surface area contributed by atoms with E-state index in [4.69, 9.17) is 9.47 Å². The number of hydrogen-bond acceptors (Lipinski definition) is 4. The van der Waals surface area contributed by atoms with E-state index in [1.54, 1.807) is 14.2 Å². The molecule has 2 rings (SSSR count). The Balaban J connectivity index is 2.26. The Morgan fingerprint density at radius 1 is 1.39 bits per heavy atom. The van der Waals surface area contributed by atoms with Gasteiger partial charge in [0.2, 0.25) is 0 Å². The first-order valence-corrected chi connectivity index (χ1v) is 6.07. The van der Waals surface area contributed by atoms with Gasteiger partial charge in [0.25, 0.3) is 0 Å². The number of benzene rings is 1. The first-order chi connectivity index (χ1) is 8.75. The van der Waals surface area contributed by atoms with E-state index in [2.05, 4.69) is 11.4 Å². The van der Waals surface area contributed by atoms with Gasteiger partial charge in [-0.2, -0.15) is 5.26 Å². The Hall–Kier alpha value is -1.73. The summed E-state index contributed by atoms with van der Waals surface area (Å²) in [6, 6.07) is 10.0. The molecule has 4 heteroatoms. The number of ether oxygens (including phenoxy) is 2. The van der Waals surface area contributed by atoms with E-state index < -0.39 is 5.54 Å². The largest absolute Gasteiger partial charge is 0.495 e. The lowest BCUT2D eigenvalue weighted by Gasteiger charge is -2.29. The van der Waals surface area contributed by atoms with Crippen LogP contribution in [0.25, 0.3) is 0 Å². The van der Waals surface area contributed by atoms with Crippen molar-refractivity contribution in [3.63, 3.8) is 0 Å². The normalized spacial score (nSPS) is 17.6. The molecule has 1 unspecified atom stereocenters. The number of nitriles is 1. The Morgan fingerprint density at radius 3 is 2.67 bits per heavy atom. The maximum Gasteiger partial charge on any atom is 0.151 e. The van der Waals surface area contributed by atoms with Gasteiger partial charge in [-0.25, -0.2) is 0 Å². The van der Waals surface area contributed by atoms with Crippen molar-refractivity contribution in [3.8, 4) is 11.8 Å². The summed E-state index contributed by atoms with van der Waals surface area (Å²) in [6.07, 6.45) is 2.14. The van der Waals surface area contributed by atoms with Crippen LogP contribution in [0, 0.1) is 17.2 Å². The first kappa shape index (κ1) is 12.7. The zero-order valence-corrected chi connectivity index (χ0v) is 10.8. The van der Waals surface area contributed by atoms with Gasteiger partial charge in [-0.1, -0.05) is 12.1 Å². The minimum Gasteiger partial charge on any atom is -0.495 e. The van der Waals surface area contributed by atoms with Crippen molar-refractivity contribution < 1.29 is 9.47 Å². The highest BCUT2D eigenvalue weighted by molar-refractivity contribution is 5.59. The molecular weight excluding hydrogens is 228 g/mol. The van der Waals surface area contributed by atoms with Crippen molar-refractivity contribution >= 4 is 5.69 Å². The number of hydrogen-bond donors (Lipinski definition) is 1. The Morgan fingerprint density at radius 2 is 2.11 bits per heavy atom. The van der Waals surface area contributed by atoms with E-state index in [0.29, 0.717) is 12.5 Å². The third-order valence-corrected chi connectivity index (χ3v) is 3.31. The number of nitrogens with one attached hydrogen (secondary N) is 1. The fourth-order valence-corrected chi connectivity index (χ4v) is 2.20. The van der Waals surface area contributed by atoms with Crippen LogP contribution in [0.2, 0.25) is 0 Å². The van der Waals surface area contributed by atoms with Crippen molar-refractivity contribution in [1.29, 1.82) is 5.26 Å². The van der Waals surface area contributed by atoms with Gasteiger partial charge in [0.05, 0.1) is 25.5 Å². The molecule has 1 atom stereocenters. The Labute approximate surface area is 108 Å². The predicted octanol–water partition coefficient (Wildman–Crippen LogP) is 2.43. The van der Waals surface area contributed by atoms with Crippen LogP contribution >= 0.6 is 0 Å². The molecule has 0 aromatic heterocycles. The van der Waals surface area contributed by atoms with Gasteiger partial charge in [-0.3, -0.25) is 0 Å². The van der Waals surface area contributed by atoms with Gasteiger partial charge in [0.1, 0.15) is 5.75 Å². The molecule has 0 heterocycles. The third kappa shape index (κ3) is 2.41. The molecule has 1 fully saturated rings. The lowest BCUT2D eigenvalue weighted by molar-refractivity contribution is 0.155. The fourth-order valence-electron chi connectivity index (χ4n) is 2.20. The topological polar surface area (TPSA) is 54.3 Å². The van der Waals surface area contributed by atoms with E-state index in [1.807, 2.05) is 24.3 Å². The lowest BCUT2D eigenvalue weighted by Crippen LogP contribution is -2.43. The van der Waals surface area contributed by atoms with Crippen molar-refractivity contribution in [2.75, 3.05) is 26.1 Å². The number of nitrogens with zero attached hydrogens (tertiary/aromatic N) is 1. The summed E-state index contributed by atoms with van der Waals surface area (Å²) >= 11 is 0. The highest BCUT2D eigenvalue weighted by Gasteiger charge is 2.46. The Bertz CT molecular complexity index is 451. The molecule has 1 aromatic rings. The summed E-state index contributed by atoms with van der Waals surface area (Å²) in [7, 11) is 3.25. The minimum atomic E-state index is -0.649. The molecule has 1 aliphatic rings. The maximum absolute atomic E-state index is 9.51. The van der Waals surface area contributed by atoms with Crippen molar-refractivity contribution in [1.82, 2.24) is 0 Å². The average Bonchev–Trinajstić information content (AvgIpc) is 3.23. The molecule has 0 amide bonds. The van der Waals surface area contributed by atoms with Gasteiger partial charge in [0.15, 0.2) is 5.54 Å². The van der Waals surface area contributed by atoms with Crippen LogP contribution in [0.4, 0.5) is 5.69 Å². The van der Waals surface area contributed by atoms with Crippen LogP contribution in [0.1, 0.15) is 12.8 Å². The molecule has 1 N–H and O–H groups in total. The summed E-state index contributed by atoms with van der Waals surface area (Å²) in [5, 5.41) is 12.8. The molecule has 0 spiro atoms. The van der Waals surface area contributed by atoms with Gasteiger partial charge in [-0.05, 0) is 30.9 Å². The van der Waals surface area contributed by atoms with Crippen molar-refractivity contribution in [2.24, 2.45) is 5.92 Å². The van der Waals surface area contributed by atoms with Gasteiger partial charge in [-0.15, -0.1) is 0 Å². The summed E-state index contributed by atoms with van der Waals surface area (Å²) in [4.78, 5) is 0. The second-order valence-electron chi connectivity index (χ2n) is 4.62. The highest BCUT2D eigenvalue weighted by atomic mass is 16.5. The third-order valence-electron chi connectivity index (χ3n) is 3.31. The maximum atomic E-state index is 9.51. The van der Waals surface area contributed by atoms with E-state index >= 15 is 0 Å². The molecule has 1 aromatic carbocycles.